The summed E-state index contributed by atoms with van der Waals surface area (Å²) in [6.45, 7) is 4.81. The Bertz CT molecular complexity index is 2610. The van der Waals surface area contributed by atoms with Crippen LogP contribution < -0.4 is 4.90 Å². The average molecular weight is 694 g/mol. The third-order valence-corrected chi connectivity index (χ3v) is 12.0. The lowest BCUT2D eigenvalue weighted by molar-refractivity contribution is 0.666. The highest BCUT2D eigenvalue weighted by molar-refractivity contribution is 6.00. The van der Waals surface area contributed by atoms with Gasteiger partial charge >= 0.3 is 0 Å². The number of para-hydroxylation sites is 1. The molecule has 0 spiro atoms. The molecule has 0 N–H and O–H groups in total. The summed E-state index contributed by atoms with van der Waals surface area (Å²) in [6.07, 6.45) is 4.89. The second kappa shape index (κ2) is 13.0. The van der Waals surface area contributed by atoms with Gasteiger partial charge in [0.05, 0.1) is 5.69 Å². The van der Waals surface area contributed by atoms with Crippen LogP contribution in [0, 0.1) is 0 Å². The van der Waals surface area contributed by atoms with Gasteiger partial charge in [-0.15, -0.1) is 0 Å². The third kappa shape index (κ3) is 5.30. The van der Waals surface area contributed by atoms with E-state index >= 15 is 0 Å². The van der Waals surface area contributed by atoms with Crippen LogP contribution in [0.15, 0.2) is 176 Å². The summed E-state index contributed by atoms with van der Waals surface area (Å²) < 4.78 is 0. The zero-order chi connectivity index (χ0) is 36.2. The molecule has 0 fully saturated rings. The van der Waals surface area contributed by atoms with Crippen LogP contribution in [0.4, 0.5) is 17.1 Å². The summed E-state index contributed by atoms with van der Waals surface area (Å²) in [4.78, 5) is 2.52. The number of benzene rings is 8. The number of fused-ring (bicyclic) bond motifs is 6. The SMILES string of the molecule is CC1(C)c2cc(N(c3ccc(-c4cccc5c4CCCC5)cc3)c3c(-c4ccccc4)cccc3-c3ccccc3)ccc2-c2ccc3ccccc3c21. The van der Waals surface area contributed by atoms with Gasteiger partial charge in [-0.3, -0.25) is 0 Å². The Hall–Kier alpha value is -6.18. The van der Waals surface area contributed by atoms with E-state index < -0.39 is 0 Å². The van der Waals surface area contributed by atoms with Crippen molar-refractivity contribution >= 4 is 27.8 Å². The normalized spacial score (nSPS) is 14.0. The molecule has 260 valence electrons. The summed E-state index contributed by atoms with van der Waals surface area (Å²) in [7, 11) is 0. The number of aryl methyl sites for hydroxylation is 1. The topological polar surface area (TPSA) is 3.24 Å². The molecule has 2 aliphatic rings. The molecular formula is C53H43N. The van der Waals surface area contributed by atoms with Crippen LogP contribution in [0.5, 0.6) is 0 Å². The lowest BCUT2D eigenvalue weighted by Gasteiger charge is -2.32. The molecule has 0 saturated heterocycles. The van der Waals surface area contributed by atoms with Gasteiger partial charge < -0.3 is 4.90 Å². The maximum Gasteiger partial charge on any atom is 0.0618 e. The maximum atomic E-state index is 2.52. The highest BCUT2D eigenvalue weighted by Gasteiger charge is 2.37. The van der Waals surface area contributed by atoms with Gasteiger partial charge in [0.1, 0.15) is 0 Å². The molecule has 1 heteroatoms. The number of anilines is 3. The van der Waals surface area contributed by atoms with E-state index in [0.717, 1.165) is 17.8 Å². The van der Waals surface area contributed by atoms with Crippen LogP contribution in [0.1, 0.15) is 48.9 Å². The van der Waals surface area contributed by atoms with E-state index in [2.05, 4.69) is 195 Å². The Morgan fingerprint density at radius 1 is 0.444 bits per heavy atom. The number of rotatable bonds is 6. The molecule has 10 rings (SSSR count). The van der Waals surface area contributed by atoms with E-state index in [4.69, 9.17) is 0 Å². The molecule has 0 atom stereocenters. The molecule has 1 nitrogen and oxygen atoms in total. The van der Waals surface area contributed by atoms with Crippen LogP contribution in [0.3, 0.4) is 0 Å². The van der Waals surface area contributed by atoms with Crippen LogP contribution >= 0.6 is 0 Å². The number of hydrogen-bond acceptors (Lipinski definition) is 1. The molecular weight excluding hydrogens is 651 g/mol. The van der Waals surface area contributed by atoms with Gasteiger partial charge in [-0.05, 0) is 116 Å². The fourth-order valence-electron chi connectivity index (χ4n) is 9.46. The van der Waals surface area contributed by atoms with Crippen molar-refractivity contribution < 1.29 is 0 Å². The van der Waals surface area contributed by atoms with E-state index in [1.165, 1.54) is 102 Å². The third-order valence-electron chi connectivity index (χ3n) is 12.0. The van der Waals surface area contributed by atoms with Crippen molar-refractivity contribution in [3.63, 3.8) is 0 Å². The van der Waals surface area contributed by atoms with E-state index in [-0.39, 0.29) is 5.41 Å². The molecule has 0 aromatic heterocycles. The maximum absolute atomic E-state index is 2.52. The first-order valence-electron chi connectivity index (χ1n) is 19.5. The first-order valence-corrected chi connectivity index (χ1v) is 19.5. The molecule has 0 heterocycles. The molecule has 0 amide bonds. The minimum atomic E-state index is -0.176. The Labute approximate surface area is 319 Å². The molecule has 8 aromatic carbocycles. The van der Waals surface area contributed by atoms with Crippen molar-refractivity contribution in [3.8, 4) is 44.5 Å². The van der Waals surface area contributed by atoms with E-state index in [1.54, 1.807) is 0 Å². The van der Waals surface area contributed by atoms with Crippen molar-refractivity contribution in [3.05, 3.63) is 198 Å². The van der Waals surface area contributed by atoms with Gasteiger partial charge in [-0.2, -0.15) is 0 Å². The standard InChI is InChI=1S/C53H43N/c1-53(2)50-35-42(32-34-48(50)49-33-29-39-20-10-12-23-45(39)51(49)53)54(41-30-27-40(28-31-41)44-24-13-21-36-19-9-11-22-43(36)44)52-46(37-15-5-3-6-16-37)25-14-26-47(52)38-17-7-4-8-18-38/h3-8,10,12-18,20-21,23-35H,9,11,19,22H2,1-2H3. The minimum absolute atomic E-state index is 0.176. The second-order valence-electron chi connectivity index (χ2n) is 15.5. The van der Waals surface area contributed by atoms with Gasteiger partial charge in [0, 0.05) is 27.9 Å². The van der Waals surface area contributed by atoms with E-state index in [0.29, 0.717) is 0 Å². The highest BCUT2D eigenvalue weighted by Crippen LogP contribution is 2.54. The summed E-state index contributed by atoms with van der Waals surface area (Å²) in [5.41, 5.74) is 19.3. The van der Waals surface area contributed by atoms with Crippen molar-refractivity contribution in [2.24, 2.45) is 0 Å². The smallest absolute Gasteiger partial charge is 0.0618 e. The molecule has 2 aliphatic carbocycles. The summed E-state index contributed by atoms with van der Waals surface area (Å²) >= 11 is 0. The lowest BCUT2D eigenvalue weighted by atomic mass is 9.80. The summed E-state index contributed by atoms with van der Waals surface area (Å²) in [6, 6.07) is 65.5. The largest absolute Gasteiger partial charge is 0.309 e. The van der Waals surface area contributed by atoms with Gasteiger partial charge in [-0.25, -0.2) is 0 Å². The summed E-state index contributed by atoms with van der Waals surface area (Å²) in [5.74, 6) is 0. The zero-order valence-corrected chi connectivity index (χ0v) is 31.0. The van der Waals surface area contributed by atoms with Crippen LogP contribution in [-0.2, 0) is 18.3 Å². The summed E-state index contributed by atoms with van der Waals surface area (Å²) in [5, 5.41) is 2.64. The quantitative estimate of drug-likeness (QED) is 0.168. The van der Waals surface area contributed by atoms with Gasteiger partial charge in [0.2, 0.25) is 0 Å². The number of nitrogens with zero attached hydrogens (tertiary/aromatic N) is 1. The first kappa shape index (κ1) is 32.5. The van der Waals surface area contributed by atoms with Crippen LogP contribution in [-0.4, -0.2) is 0 Å². The van der Waals surface area contributed by atoms with Crippen LogP contribution in [0.2, 0.25) is 0 Å². The Morgan fingerprint density at radius 3 is 1.78 bits per heavy atom. The first-order chi connectivity index (χ1) is 26.6. The van der Waals surface area contributed by atoms with Gasteiger partial charge in [0.15, 0.2) is 0 Å². The average Bonchev–Trinajstić information content (AvgIpc) is 3.47. The van der Waals surface area contributed by atoms with Crippen molar-refractivity contribution in [2.75, 3.05) is 4.90 Å². The molecule has 0 unspecified atom stereocenters. The Balaban J connectivity index is 1.21. The second-order valence-corrected chi connectivity index (χ2v) is 15.5. The van der Waals surface area contributed by atoms with Crippen LogP contribution in [0.25, 0.3) is 55.3 Å². The molecule has 8 aromatic rings. The fraction of sp³-hybridized carbons (Fsp3) is 0.132. The zero-order valence-electron chi connectivity index (χ0n) is 31.0. The predicted molar refractivity (Wildman–Crippen MR) is 229 cm³/mol. The molecule has 54 heavy (non-hydrogen) atoms. The molecule has 0 saturated carbocycles. The minimum Gasteiger partial charge on any atom is -0.309 e. The Morgan fingerprint density at radius 2 is 1.04 bits per heavy atom. The predicted octanol–water partition coefficient (Wildman–Crippen LogP) is 14.5. The van der Waals surface area contributed by atoms with E-state index in [9.17, 15) is 0 Å². The van der Waals surface area contributed by atoms with Crippen molar-refractivity contribution in [2.45, 2.75) is 44.9 Å². The van der Waals surface area contributed by atoms with Crippen molar-refractivity contribution in [1.29, 1.82) is 0 Å². The molecule has 0 bridgehead atoms. The van der Waals surface area contributed by atoms with Gasteiger partial charge in [-0.1, -0.05) is 166 Å². The number of hydrogen-bond donors (Lipinski definition) is 0. The fourth-order valence-corrected chi connectivity index (χ4v) is 9.46. The van der Waals surface area contributed by atoms with Gasteiger partial charge in [0.25, 0.3) is 0 Å². The monoisotopic (exact) mass is 693 g/mol. The lowest BCUT2D eigenvalue weighted by Crippen LogP contribution is -2.17. The van der Waals surface area contributed by atoms with E-state index in [1.807, 2.05) is 0 Å². The molecule has 0 radical (unpaired) electrons. The highest BCUT2D eigenvalue weighted by atomic mass is 15.1. The van der Waals surface area contributed by atoms with Crippen molar-refractivity contribution in [1.82, 2.24) is 0 Å². The molecule has 0 aliphatic heterocycles. The Kier molecular flexibility index (Phi) is 7.84.